The molecule has 1 aromatic carbocycles. The van der Waals surface area contributed by atoms with Crippen molar-refractivity contribution in [3.63, 3.8) is 0 Å². The zero-order valence-corrected chi connectivity index (χ0v) is 9.34. The van der Waals surface area contributed by atoms with E-state index in [9.17, 15) is 8.42 Å². The lowest BCUT2D eigenvalue weighted by Crippen LogP contribution is -2.21. The molecule has 0 amide bonds. The summed E-state index contributed by atoms with van der Waals surface area (Å²) in [5.41, 5.74) is 1.48. The SMILES string of the molecule is CCNCc1cccc(NS(N)(=O)=O)c1. The third kappa shape index (κ3) is 4.78. The van der Waals surface area contributed by atoms with Gasteiger partial charge in [0.1, 0.15) is 0 Å². The molecule has 0 aliphatic carbocycles. The van der Waals surface area contributed by atoms with Crippen LogP contribution in [0.3, 0.4) is 0 Å². The molecule has 0 radical (unpaired) electrons. The van der Waals surface area contributed by atoms with Gasteiger partial charge in [-0.15, -0.1) is 0 Å². The second-order valence-corrected chi connectivity index (χ2v) is 4.42. The fraction of sp³-hybridized carbons (Fsp3) is 0.333. The van der Waals surface area contributed by atoms with Crippen LogP contribution in [0.1, 0.15) is 12.5 Å². The predicted molar refractivity (Wildman–Crippen MR) is 60.6 cm³/mol. The minimum Gasteiger partial charge on any atom is -0.313 e. The first kappa shape index (κ1) is 12.0. The maximum Gasteiger partial charge on any atom is 0.296 e. The summed E-state index contributed by atoms with van der Waals surface area (Å²) in [6, 6.07) is 7.09. The maximum absolute atomic E-state index is 10.8. The molecule has 0 saturated heterocycles. The van der Waals surface area contributed by atoms with Crippen molar-refractivity contribution in [3.8, 4) is 0 Å². The van der Waals surface area contributed by atoms with E-state index in [-0.39, 0.29) is 0 Å². The predicted octanol–water partition coefficient (Wildman–Crippen LogP) is 0.411. The molecule has 15 heavy (non-hydrogen) atoms. The van der Waals surface area contributed by atoms with E-state index < -0.39 is 10.2 Å². The molecule has 84 valence electrons. The Morgan fingerprint density at radius 3 is 2.73 bits per heavy atom. The number of rotatable bonds is 5. The first-order chi connectivity index (χ1) is 7.01. The molecule has 0 saturated carbocycles. The number of benzene rings is 1. The van der Waals surface area contributed by atoms with Crippen molar-refractivity contribution in [1.29, 1.82) is 0 Å². The van der Waals surface area contributed by atoms with Gasteiger partial charge in [-0.05, 0) is 24.2 Å². The van der Waals surface area contributed by atoms with Gasteiger partial charge in [0.15, 0.2) is 0 Å². The molecule has 5 nitrogen and oxygen atoms in total. The number of hydrogen-bond acceptors (Lipinski definition) is 3. The zero-order valence-electron chi connectivity index (χ0n) is 8.53. The van der Waals surface area contributed by atoms with E-state index in [1.807, 2.05) is 13.0 Å². The van der Waals surface area contributed by atoms with Gasteiger partial charge < -0.3 is 5.32 Å². The van der Waals surface area contributed by atoms with Crippen LogP contribution in [0, 0.1) is 0 Å². The van der Waals surface area contributed by atoms with Crippen molar-refractivity contribution in [2.75, 3.05) is 11.3 Å². The Balaban J connectivity index is 2.74. The van der Waals surface area contributed by atoms with Crippen molar-refractivity contribution in [2.45, 2.75) is 13.5 Å². The summed E-state index contributed by atoms with van der Waals surface area (Å²) in [5, 5.41) is 8.01. The Hall–Kier alpha value is -1.11. The van der Waals surface area contributed by atoms with Crippen LogP contribution >= 0.6 is 0 Å². The second-order valence-electron chi connectivity index (χ2n) is 3.13. The molecule has 0 aliphatic heterocycles. The first-order valence-electron chi connectivity index (χ1n) is 4.61. The minimum atomic E-state index is -3.68. The molecule has 0 aromatic heterocycles. The molecular formula is C9H15N3O2S. The normalized spacial score (nSPS) is 11.3. The van der Waals surface area contributed by atoms with Crippen LogP contribution in [0.5, 0.6) is 0 Å². The van der Waals surface area contributed by atoms with Crippen LogP contribution in [0.15, 0.2) is 24.3 Å². The van der Waals surface area contributed by atoms with Gasteiger partial charge in [-0.2, -0.15) is 8.42 Å². The van der Waals surface area contributed by atoms with Gasteiger partial charge in [0, 0.05) is 6.54 Å². The molecule has 1 aromatic rings. The number of nitrogens with two attached hydrogens (primary N) is 1. The summed E-state index contributed by atoms with van der Waals surface area (Å²) in [6.45, 7) is 3.58. The molecule has 4 N–H and O–H groups in total. The standard InChI is InChI=1S/C9H15N3O2S/c1-2-11-7-8-4-3-5-9(6-8)12-15(10,13)14/h3-6,11-12H,2,7H2,1H3,(H2,10,13,14). The monoisotopic (exact) mass is 229 g/mol. The fourth-order valence-electron chi connectivity index (χ4n) is 1.18. The van der Waals surface area contributed by atoms with Gasteiger partial charge in [-0.25, -0.2) is 5.14 Å². The maximum atomic E-state index is 10.8. The van der Waals surface area contributed by atoms with Gasteiger partial charge in [0.05, 0.1) is 5.69 Å². The van der Waals surface area contributed by atoms with Crippen molar-refractivity contribution in [2.24, 2.45) is 5.14 Å². The van der Waals surface area contributed by atoms with E-state index in [1.54, 1.807) is 18.2 Å². The Bertz CT molecular complexity index is 417. The van der Waals surface area contributed by atoms with Gasteiger partial charge in [0.2, 0.25) is 0 Å². The van der Waals surface area contributed by atoms with Crippen LogP contribution in [-0.4, -0.2) is 15.0 Å². The lowest BCUT2D eigenvalue weighted by atomic mass is 10.2. The smallest absolute Gasteiger partial charge is 0.296 e. The molecule has 0 heterocycles. The average Bonchev–Trinajstić information content (AvgIpc) is 2.12. The summed E-state index contributed by atoms with van der Waals surface area (Å²) in [5.74, 6) is 0. The van der Waals surface area contributed by atoms with E-state index in [4.69, 9.17) is 5.14 Å². The van der Waals surface area contributed by atoms with Crippen LogP contribution in [-0.2, 0) is 16.8 Å². The number of anilines is 1. The van der Waals surface area contributed by atoms with E-state index >= 15 is 0 Å². The molecule has 6 heteroatoms. The highest BCUT2D eigenvalue weighted by Crippen LogP contribution is 2.10. The zero-order chi connectivity index (χ0) is 11.3. The van der Waals surface area contributed by atoms with Crippen LogP contribution < -0.4 is 15.2 Å². The molecular weight excluding hydrogens is 214 g/mol. The third-order valence-corrected chi connectivity index (χ3v) is 2.29. The topological polar surface area (TPSA) is 84.2 Å². The van der Waals surface area contributed by atoms with Gasteiger partial charge in [-0.3, -0.25) is 4.72 Å². The Kier molecular flexibility index (Phi) is 4.07. The lowest BCUT2D eigenvalue weighted by Gasteiger charge is -2.06. The fourth-order valence-corrected chi connectivity index (χ4v) is 1.63. The van der Waals surface area contributed by atoms with E-state index in [0.29, 0.717) is 12.2 Å². The van der Waals surface area contributed by atoms with Crippen molar-refractivity contribution in [1.82, 2.24) is 5.32 Å². The quantitative estimate of drug-likeness (QED) is 0.683. The summed E-state index contributed by atoms with van der Waals surface area (Å²) < 4.78 is 23.8. The molecule has 1 rings (SSSR count). The highest BCUT2D eigenvalue weighted by Gasteiger charge is 2.02. The highest BCUT2D eigenvalue weighted by atomic mass is 32.2. The molecule has 0 unspecified atom stereocenters. The molecule has 0 aliphatic rings. The Morgan fingerprint density at radius 2 is 2.13 bits per heavy atom. The largest absolute Gasteiger partial charge is 0.313 e. The second kappa shape index (κ2) is 5.11. The lowest BCUT2D eigenvalue weighted by molar-refractivity contribution is 0.603. The summed E-state index contributed by atoms with van der Waals surface area (Å²) in [4.78, 5) is 0. The summed E-state index contributed by atoms with van der Waals surface area (Å²) in [6.07, 6.45) is 0. The van der Waals surface area contributed by atoms with Crippen LogP contribution in [0.4, 0.5) is 5.69 Å². The molecule has 0 fully saturated rings. The average molecular weight is 229 g/mol. The van der Waals surface area contributed by atoms with E-state index in [2.05, 4.69) is 10.0 Å². The van der Waals surface area contributed by atoms with Gasteiger partial charge in [-0.1, -0.05) is 19.1 Å². The van der Waals surface area contributed by atoms with E-state index in [0.717, 1.165) is 12.1 Å². The molecule has 0 bridgehead atoms. The molecule has 0 spiro atoms. The van der Waals surface area contributed by atoms with Crippen molar-refractivity contribution < 1.29 is 8.42 Å². The Labute approximate surface area is 89.9 Å². The minimum absolute atomic E-state index is 0.480. The first-order valence-corrected chi connectivity index (χ1v) is 6.16. The summed E-state index contributed by atoms with van der Waals surface area (Å²) in [7, 11) is -3.68. The number of hydrogen-bond donors (Lipinski definition) is 3. The van der Waals surface area contributed by atoms with E-state index in [1.165, 1.54) is 0 Å². The van der Waals surface area contributed by atoms with Crippen molar-refractivity contribution >= 4 is 15.9 Å². The molecule has 0 atom stereocenters. The van der Waals surface area contributed by atoms with Crippen molar-refractivity contribution in [3.05, 3.63) is 29.8 Å². The van der Waals surface area contributed by atoms with Gasteiger partial charge >= 0.3 is 0 Å². The number of nitrogens with one attached hydrogen (secondary N) is 2. The van der Waals surface area contributed by atoms with Crippen LogP contribution in [0.2, 0.25) is 0 Å². The van der Waals surface area contributed by atoms with Gasteiger partial charge in [0.25, 0.3) is 10.2 Å². The Morgan fingerprint density at radius 1 is 1.40 bits per heavy atom. The summed E-state index contributed by atoms with van der Waals surface area (Å²) >= 11 is 0. The highest BCUT2D eigenvalue weighted by molar-refractivity contribution is 7.90. The third-order valence-electron chi connectivity index (χ3n) is 1.77. The van der Waals surface area contributed by atoms with Crippen LogP contribution in [0.25, 0.3) is 0 Å².